The predicted molar refractivity (Wildman–Crippen MR) is 52.0 cm³/mol. The van der Waals surface area contributed by atoms with Gasteiger partial charge in [-0.25, -0.2) is 8.78 Å². The molecular weight excluding hydrogens is 204 g/mol. The van der Waals surface area contributed by atoms with Crippen molar-refractivity contribution in [3.8, 4) is 0 Å². The van der Waals surface area contributed by atoms with Crippen LogP contribution in [-0.4, -0.2) is 41.5 Å². The molecule has 88 valence electrons. The fourth-order valence-electron chi connectivity index (χ4n) is 1.99. The van der Waals surface area contributed by atoms with E-state index in [-0.39, 0.29) is 6.42 Å². The molecule has 1 saturated heterocycles. The Kier molecular flexibility index (Phi) is 3.65. The molecule has 1 aliphatic heterocycles. The standard InChI is InChI=1S/C10H17F2NO2/c1-7(2)5-13-4-3-8(9(14)15)10(11,12)6-13/h7-8H,3-6H2,1-2H3,(H,14,15). The second-order valence-electron chi connectivity index (χ2n) is 4.57. The van der Waals surface area contributed by atoms with Gasteiger partial charge in [-0.2, -0.15) is 0 Å². The topological polar surface area (TPSA) is 40.5 Å². The lowest BCUT2D eigenvalue weighted by Gasteiger charge is -2.37. The molecule has 0 aliphatic carbocycles. The molecule has 1 aliphatic rings. The van der Waals surface area contributed by atoms with Crippen LogP contribution in [0.25, 0.3) is 0 Å². The van der Waals surface area contributed by atoms with E-state index in [0.717, 1.165) is 0 Å². The highest BCUT2D eigenvalue weighted by Crippen LogP contribution is 2.33. The van der Waals surface area contributed by atoms with Gasteiger partial charge in [0, 0.05) is 6.54 Å². The van der Waals surface area contributed by atoms with Crippen molar-refractivity contribution in [1.82, 2.24) is 4.90 Å². The zero-order chi connectivity index (χ0) is 11.6. The van der Waals surface area contributed by atoms with E-state index in [4.69, 9.17) is 5.11 Å². The molecule has 1 fully saturated rings. The Morgan fingerprint density at radius 3 is 2.60 bits per heavy atom. The summed E-state index contributed by atoms with van der Waals surface area (Å²) in [6.07, 6.45) is 0.0368. The molecule has 5 heteroatoms. The van der Waals surface area contributed by atoms with Gasteiger partial charge in [-0.3, -0.25) is 9.69 Å². The van der Waals surface area contributed by atoms with Crippen LogP contribution in [0.1, 0.15) is 20.3 Å². The summed E-state index contributed by atoms with van der Waals surface area (Å²) in [5.41, 5.74) is 0. The van der Waals surface area contributed by atoms with Crippen LogP contribution in [0.2, 0.25) is 0 Å². The molecule has 0 aromatic heterocycles. The van der Waals surface area contributed by atoms with E-state index in [1.165, 1.54) is 0 Å². The molecule has 1 rings (SSSR count). The van der Waals surface area contributed by atoms with E-state index < -0.39 is 24.4 Å². The van der Waals surface area contributed by atoms with Crippen LogP contribution in [0.15, 0.2) is 0 Å². The summed E-state index contributed by atoms with van der Waals surface area (Å²) < 4.78 is 26.8. The normalized spacial score (nSPS) is 26.9. The molecule has 0 bridgehead atoms. The number of hydrogen-bond acceptors (Lipinski definition) is 2. The van der Waals surface area contributed by atoms with Gasteiger partial charge in [0.1, 0.15) is 5.92 Å². The van der Waals surface area contributed by atoms with Crippen LogP contribution in [0.5, 0.6) is 0 Å². The van der Waals surface area contributed by atoms with Gasteiger partial charge in [0.05, 0.1) is 6.54 Å². The highest BCUT2D eigenvalue weighted by atomic mass is 19.3. The maximum Gasteiger partial charge on any atom is 0.312 e. The number of carboxylic acid groups (broad SMARTS) is 1. The molecule has 0 amide bonds. The van der Waals surface area contributed by atoms with E-state index >= 15 is 0 Å². The van der Waals surface area contributed by atoms with Crippen molar-refractivity contribution in [2.45, 2.75) is 26.2 Å². The maximum absolute atomic E-state index is 13.4. The number of rotatable bonds is 3. The summed E-state index contributed by atoms with van der Waals surface area (Å²) in [4.78, 5) is 12.2. The fraction of sp³-hybridized carbons (Fsp3) is 0.900. The van der Waals surface area contributed by atoms with Crippen molar-refractivity contribution in [1.29, 1.82) is 0 Å². The second kappa shape index (κ2) is 4.43. The summed E-state index contributed by atoms with van der Waals surface area (Å²) in [7, 11) is 0. The van der Waals surface area contributed by atoms with Crippen LogP contribution in [0.3, 0.4) is 0 Å². The van der Waals surface area contributed by atoms with Crippen molar-refractivity contribution >= 4 is 5.97 Å². The van der Waals surface area contributed by atoms with E-state index in [1.807, 2.05) is 13.8 Å². The Labute approximate surface area is 88.1 Å². The second-order valence-corrected chi connectivity index (χ2v) is 4.57. The SMILES string of the molecule is CC(C)CN1CCC(C(=O)O)C(F)(F)C1. The Morgan fingerprint density at radius 2 is 2.20 bits per heavy atom. The highest BCUT2D eigenvalue weighted by molar-refractivity contribution is 5.71. The predicted octanol–water partition coefficient (Wildman–Crippen LogP) is 1.68. The van der Waals surface area contributed by atoms with Crippen molar-refractivity contribution in [2.75, 3.05) is 19.6 Å². The largest absolute Gasteiger partial charge is 0.481 e. The van der Waals surface area contributed by atoms with E-state index in [1.54, 1.807) is 4.90 Å². The van der Waals surface area contributed by atoms with Crippen LogP contribution in [0, 0.1) is 11.8 Å². The number of nitrogens with zero attached hydrogens (tertiary/aromatic N) is 1. The smallest absolute Gasteiger partial charge is 0.312 e. The van der Waals surface area contributed by atoms with Gasteiger partial charge in [-0.15, -0.1) is 0 Å². The molecule has 1 heterocycles. The number of piperidine rings is 1. The summed E-state index contributed by atoms with van der Waals surface area (Å²) in [5, 5.41) is 8.64. The molecule has 1 atom stereocenters. The Hall–Kier alpha value is -0.710. The number of halogens is 2. The molecule has 0 radical (unpaired) electrons. The summed E-state index contributed by atoms with van der Waals surface area (Å²) >= 11 is 0. The zero-order valence-corrected chi connectivity index (χ0v) is 9.04. The summed E-state index contributed by atoms with van der Waals surface area (Å²) in [5.74, 6) is -5.67. The van der Waals surface area contributed by atoms with Crippen molar-refractivity contribution < 1.29 is 18.7 Å². The van der Waals surface area contributed by atoms with Crippen LogP contribution < -0.4 is 0 Å². The third-order valence-electron chi connectivity index (χ3n) is 2.60. The lowest BCUT2D eigenvalue weighted by molar-refractivity contribution is -0.167. The monoisotopic (exact) mass is 221 g/mol. The van der Waals surface area contributed by atoms with Gasteiger partial charge in [-0.1, -0.05) is 13.8 Å². The van der Waals surface area contributed by atoms with Crippen LogP contribution in [-0.2, 0) is 4.79 Å². The number of aliphatic carboxylic acids is 1. The first kappa shape index (κ1) is 12.4. The molecule has 0 spiro atoms. The molecule has 0 aromatic carbocycles. The minimum Gasteiger partial charge on any atom is -0.481 e. The summed E-state index contributed by atoms with van der Waals surface area (Å²) in [6.45, 7) is 4.54. The van der Waals surface area contributed by atoms with Gasteiger partial charge >= 0.3 is 5.97 Å². The molecule has 1 N–H and O–H groups in total. The first-order valence-corrected chi connectivity index (χ1v) is 5.16. The fourth-order valence-corrected chi connectivity index (χ4v) is 1.99. The van der Waals surface area contributed by atoms with E-state index in [0.29, 0.717) is 19.0 Å². The molecule has 15 heavy (non-hydrogen) atoms. The molecule has 3 nitrogen and oxygen atoms in total. The number of hydrogen-bond donors (Lipinski definition) is 1. The Bertz CT molecular complexity index is 244. The van der Waals surface area contributed by atoms with E-state index in [2.05, 4.69) is 0 Å². The average molecular weight is 221 g/mol. The van der Waals surface area contributed by atoms with Gasteiger partial charge in [0.2, 0.25) is 0 Å². The van der Waals surface area contributed by atoms with Gasteiger partial charge < -0.3 is 5.11 Å². The van der Waals surface area contributed by atoms with Crippen molar-refractivity contribution in [2.24, 2.45) is 11.8 Å². The Morgan fingerprint density at radius 1 is 1.60 bits per heavy atom. The van der Waals surface area contributed by atoms with Crippen molar-refractivity contribution in [3.63, 3.8) is 0 Å². The number of carbonyl (C=O) groups is 1. The lowest BCUT2D eigenvalue weighted by atomic mass is 9.92. The first-order chi connectivity index (χ1) is 6.83. The Balaban J connectivity index is 2.60. The number of likely N-dealkylation sites (tertiary alicyclic amines) is 1. The number of alkyl halides is 2. The maximum atomic E-state index is 13.4. The van der Waals surface area contributed by atoms with Gasteiger partial charge in [0.25, 0.3) is 5.92 Å². The first-order valence-electron chi connectivity index (χ1n) is 5.16. The van der Waals surface area contributed by atoms with Crippen molar-refractivity contribution in [3.05, 3.63) is 0 Å². The average Bonchev–Trinajstić information content (AvgIpc) is 1.99. The minimum atomic E-state index is -3.10. The zero-order valence-electron chi connectivity index (χ0n) is 9.04. The van der Waals surface area contributed by atoms with Gasteiger partial charge in [0.15, 0.2) is 0 Å². The molecular formula is C10H17F2NO2. The van der Waals surface area contributed by atoms with E-state index in [9.17, 15) is 13.6 Å². The van der Waals surface area contributed by atoms with Crippen LogP contribution in [0.4, 0.5) is 8.78 Å². The third kappa shape index (κ3) is 3.12. The molecule has 0 aromatic rings. The highest BCUT2D eigenvalue weighted by Gasteiger charge is 2.48. The summed E-state index contributed by atoms with van der Waals surface area (Å²) in [6, 6.07) is 0. The molecule has 0 saturated carbocycles. The van der Waals surface area contributed by atoms with Crippen LogP contribution >= 0.6 is 0 Å². The quantitative estimate of drug-likeness (QED) is 0.788. The number of carboxylic acids is 1. The minimum absolute atomic E-state index is 0.0368. The van der Waals surface area contributed by atoms with Gasteiger partial charge in [-0.05, 0) is 18.9 Å². The third-order valence-corrected chi connectivity index (χ3v) is 2.60. The lowest BCUT2D eigenvalue weighted by Crippen LogP contribution is -2.51. The molecule has 1 unspecified atom stereocenters.